The van der Waals surface area contributed by atoms with Crippen LogP contribution in [0.3, 0.4) is 0 Å². The molecule has 4 heteroatoms. The number of nitrogens with zero attached hydrogens (tertiary/aromatic N) is 3. The number of anilines is 1. The smallest absolute Gasteiger partial charge is 0.146 e. The maximum absolute atomic E-state index is 4.35. The van der Waals surface area contributed by atoms with Gasteiger partial charge in [-0.1, -0.05) is 13.8 Å². The van der Waals surface area contributed by atoms with Gasteiger partial charge in [-0.2, -0.15) is 0 Å². The van der Waals surface area contributed by atoms with Crippen LogP contribution in [0.4, 0.5) is 5.82 Å². The summed E-state index contributed by atoms with van der Waals surface area (Å²) in [6.07, 6.45) is 3.42. The van der Waals surface area contributed by atoms with Crippen LogP contribution >= 0.6 is 15.9 Å². The van der Waals surface area contributed by atoms with E-state index < -0.39 is 0 Å². The quantitative estimate of drug-likeness (QED) is 0.785. The Morgan fingerprint density at radius 2 is 2.13 bits per heavy atom. The second-order valence-electron chi connectivity index (χ2n) is 4.42. The van der Waals surface area contributed by atoms with E-state index in [1.807, 2.05) is 6.20 Å². The molecule has 0 radical (unpaired) electrons. The van der Waals surface area contributed by atoms with Gasteiger partial charge in [0.25, 0.3) is 0 Å². The van der Waals surface area contributed by atoms with Crippen molar-refractivity contribution >= 4 is 21.7 Å². The third-order valence-corrected chi connectivity index (χ3v) is 4.11. The predicted molar refractivity (Wildman–Crippen MR) is 64.9 cm³/mol. The molecule has 2 heterocycles. The molecular weight excluding hydrogens is 254 g/mol. The van der Waals surface area contributed by atoms with Gasteiger partial charge in [0.05, 0.1) is 4.47 Å². The molecule has 3 unspecified atom stereocenters. The van der Waals surface area contributed by atoms with Gasteiger partial charge >= 0.3 is 0 Å². The highest BCUT2D eigenvalue weighted by molar-refractivity contribution is 9.10. The zero-order valence-electron chi connectivity index (χ0n) is 9.31. The zero-order valence-corrected chi connectivity index (χ0v) is 10.9. The monoisotopic (exact) mass is 269 g/mol. The van der Waals surface area contributed by atoms with Gasteiger partial charge in [-0.15, -0.1) is 0 Å². The van der Waals surface area contributed by atoms with Crippen LogP contribution in [0.2, 0.25) is 0 Å². The lowest BCUT2D eigenvalue weighted by Gasteiger charge is -2.24. The van der Waals surface area contributed by atoms with E-state index in [0.29, 0.717) is 12.0 Å². The van der Waals surface area contributed by atoms with E-state index in [-0.39, 0.29) is 0 Å². The molecule has 1 aliphatic rings. The number of halogens is 1. The van der Waals surface area contributed by atoms with Crippen LogP contribution in [0.1, 0.15) is 20.8 Å². The summed E-state index contributed by atoms with van der Waals surface area (Å²) < 4.78 is 0.984. The number of hydrogen-bond acceptors (Lipinski definition) is 3. The Morgan fingerprint density at radius 1 is 1.40 bits per heavy atom. The summed E-state index contributed by atoms with van der Waals surface area (Å²) >= 11 is 3.51. The first-order valence-corrected chi connectivity index (χ1v) is 6.12. The van der Waals surface area contributed by atoms with E-state index >= 15 is 0 Å². The van der Waals surface area contributed by atoms with E-state index in [2.05, 4.69) is 51.6 Å². The molecule has 0 amide bonds. The molecule has 1 aliphatic heterocycles. The van der Waals surface area contributed by atoms with E-state index in [1.165, 1.54) is 0 Å². The number of rotatable bonds is 1. The Bertz CT molecular complexity index is 355. The van der Waals surface area contributed by atoms with Gasteiger partial charge in [0.15, 0.2) is 0 Å². The second-order valence-corrected chi connectivity index (χ2v) is 5.28. The summed E-state index contributed by atoms with van der Waals surface area (Å²) in [7, 11) is 0. The summed E-state index contributed by atoms with van der Waals surface area (Å²) in [5.41, 5.74) is 0. The summed E-state index contributed by atoms with van der Waals surface area (Å²) in [5.74, 6) is 2.46. The minimum Gasteiger partial charge on any atom is -0.352 e. The fraction of sp³-hybridized carbons (Fsp3) is 0.636. The van der Waals surface area contributed by atoms with Crippen molar-refractivity contribution in [2.24, 2.45) is 11.8 Å². The molecule has 0 saturated carbocycles. The molecule has 0 N–H and O–H groups in total. The van der Waals surface area contributed by atoms with Crippen LogP contribution in [0, 0.1) is 11.8 Å². The summed E-state index contributed by atoms with van der Waals surface area (Å²) in [6, 6.07) is 0.547. The first-order valence-electron chi connectivity index (χ1n) is 5.33. The molecule has 15 heavy (non-hydrogen) atoms. The van der Waals surface area contributed by atoms with Crippen molar-refractivity contribution in [1.29, 1.82) is 0 Å². The first-order chi connectivity index (χ1) is 7.11. The minimum atomic E-state index is 0.547. The largest absolute Gasteiger partial charge is 0.352 e. The van der Waals surface area contributed by atoms with Crippen molar-refractivity contribution in [3.05, 3.63) is 17.0 Å². The first kappa shape index (κ1) is 10.9. The second kappa shape index (κ2) is 4.08. The molecule has 2 rings (SSSR count). The van der Waals surface area contributed by atoms with Crippen LogP contribution in [-0.4, -0.2) is 22.6 Å². The van der Waals surface area contributed by atoms with Crippen molar-refractivity contribution in [2.75, 3.05) is 11.4 Å². The molecule has 1 fully saturated rings. The summed E-state index contributed by atoms with van der Waals surface area (Å²) in [4.78, 5) is 10.7. The SMILES string of the molecule is CC1CN(c2ncncc2Br)C(C)C1C. The van der Waals surface area contributed by atoms with Crippen LogP contribution in [0.15, 0.2) is 17.0 Å². The molecule has 0 aromatic carbocycles. The summed E-state index contributed by atoms with van der Waals surface area (Å²) in [6.45, 7) is 7.96. The lowest BCUT2D eigenvalue weighted by atomic mass is 9.95. The van der Waals surface area contributed by atoms with Gasteiger partial charge < -0.3 is 4.90 Å². The average Bonchev–Trinajstić information content (AvgIpc) is 2.47. The third kappa shape index (κ3) is 1.87. The lowest BCUT2D eigenvalue weighted by molar-refractivity contribution is 0.441. The number of hydrogen-bond donors (Lipinski definition) is 0. The Kier molecular flexibility index (Phi) is 2.96. The molecular formula is C11H16BrN3. The van der Waals surface area contributed by atoms with Gasteiger partial charge in [0.1, 0.15) is 12.1 Å². The molecule has 3 nitrogen and oxygen atoms in total. The third-order valence-electron chi connectivity index (χ3n) is 3.56. The van der Waals surface area contributed by atoms with Gasteiger partial charge in [0.2, 0.25) is 0 Å². The molecule has 82 valence electrons. The van der Waals surface area contributed by atoms with E-state index in [4.69, 9.17) is 0 Å². The predicted octanol–water partition coefficient (Wildman–Crippen LogP) is 2.72. The Hall–Kier alpha value is -0.640. The van der Waals surface area contributed by atoms with Crippen molar-refractivity contribution in [1.82, 2.24) is 9.97 Å². The lowest BCUT2D eigenvalue weighted by Crippen LogP contribution is -2.30. The van der Waals surface area contributed by atoms with Crippen molar-refractivity contribution in [3.63, 3.8) is 0 Å². The highest BCUT2D eigenvalue weighted by atomic mass is 79.9. The molecule has 1 aromatic heterocycles. The Balaban J connectivity index is 2.30. The van der Waals surface area contributed by atoms with Gasteiger partial charge in [-0.25, -0.2) is 9.97 Å². The van der Waals surface area contributed by atoms with Crippen LogP contribution < -0.4 is 4.90 Å². The van der Waals surface area contributed by atoms with Crippen molar-refractivity contribution < 1.29 is 0 Å². The maximum atomic E-state index is 4.35. The minimum absolute atomic E-state index is 0.547. The zero-order chi connectivity index (χ0) is 11.0. The average molecular weight is 270 g/mol. The standard InChI is InChI=1S/C11H16BrN3/c1-7-5-15(9(3)8(7)2)11-10(12)4-13-6-14-11/h4,6-9H,5H2,1-3H3. The van der Waals surface area contributed by atoms with Crippen LogP contribution in [0.25, 0.3) is 0 Å². The fourth-order valence-electron chi connectivity index (χ4n) is 2.20. The Morgan fingerprint density at radius 3 is 2.67 bits per heavy atom. The van der Waals surface area contributed by atoms with E-state index in [1.54, 1.807) is 6.33 Å². The molecule has 0 spiro atoms. The summed E-state index contributed by atoms with van der Waals surface area (Å²) in [5, 5.41) is 0. The molecule has 0 aliphatic carbocycles. The Labute approximate surface area is 99.0 Å². The molecule has 1 aromatic rings. The van der Waals surface area contributed by atoms with Crippen molar-refractivity contribution in [2.45, 2.75) is 26.8 Å². The van der Waals surface area contributed by atoms with Crippen LogP contribution in [-0.2, 0) is 0 Å². The molecule has 0 bridgehead atoms. The highest BCUT2D eigenvalue weighted by Crippen LogP contribution is 2.34. The fourth-order valence-corrected chi connectivity index (χ4v) is 2.65. The highest BCUT2D eigenvalue weighted by Gasteiger charge is 2.34. The van der Waals surface area contributed by atoms with Crippen molar-refractivity contribution in [3.8, 4) is 0 Å². The molecule has 1 saturated heterocycles. The number of aromatic nitrogens is 2. The maximum Gasteiger partial charge on any atom is 0.146 e. The molecule has 3 atom stereocenters. The van der Waals surface area contributed by atoms with Gasteiger partial charge in [0, 0.05) is 18.8 Å². The van der Waals surface area contributed by atoms with Gasteiger partial charge in [-0.05, 0) is 34.7 Å². The normalized spacial score (nSPS) is 30.9. The van der Waals surface area contributed by atoms with E-state index in [9.17, 15) is 0 Å². The van der Waals surface area contributed by atoms with E-state index in [0.717, 1.165) is 22.8 Å². The topological polar surface area (TPSA) is 29.0 Å². The van der Waals surface area contributed by atoms with Crippen LogP contribution in [0.5, 0.6) is 0 Å². The van der Waals surface area contributed by atoms with Gasteiger partial charge in [-0.3, -0.25) is 0 Å².